The van der Waals surface area contributed by atoms with Crippen molar-refractivity contribution in [1.29, 1.82) is 0 Å². The standard InChI is InChI=1S/C34H32N8O2/c43-33(17-23-19-35-29-10-3-1-8-25(23)29)37-31-14-12-27(39-41-31)21-6-5-7-22(16-21)28-13-15-32(42-40-28)38-34(44)18-24-20-36-30-11-4-2-9-26(24)30/h1-4,8-15,19-22,35-36H,5-7,16-18H2,(H,37,41,43)(H,38,42,44)/t21-,22-/m1/s1. The molecule has 0 spiro atoms. The summed E-state index contributed by atoms with van der Waals surface area (Å²) in [5.41, 5.74) is 5.74. The molecule has 0 unspecified atom stereocenters. The van der Waals surface area contributed by atoms with Crippen molar-refractivity contribution in [2.45, 2.75) is 50.4 Å². The average Bonchev–Trinajstić information content (AvgIpc) is 3.66. The lowest BCUT2D eigenvalue weighted by Crippen LogP contribution is -2.18. The Morgan fingerprint density at radius 1 is 0.636 bits per heavy atom. The lowest BCUT2D eigenvalue weighted by atomic mass is 9.78. The fraction of sp³-hybridized carbons (Fsp3) is 0.235. The quantitative estimate of drug-likeness (QED) is 0.172. The fourth-order valence-corrected chi connectivity index (χ4v) is 6.26. The number of nitrogens with zero attached hydrogens (tertiary/aromatic N) is 4. The van der Waals surface area contributed by atoms with Gasteiger partial charge < -0.3 is 20.6 Å². The van der Waals surface area contributed by atoms with Crippen molar-refractivity contribution in [2.75, 3.05) is 10.6 Å². The van der Waals surface area contributed by atoms with Crippen molar-refractivity contribution in [1.82, 2.24) is 30.4 Å². The molecule has 4 N–H and O–H groups in total. The number of H-pyrrole nitrogens is 2. The number of para-hydroxylation sites is 2. The van der Waals surface area contributed by atoms with Crippen molar-refractivity contribution >= 4 is 45.3 Å². The Labute approximate surface area is 253 Å². The summed E-state index contributed by atoms with van der Waals surface area (Å²) in [4.78, 5) is 31.8. The zero-order chi connectivity index (χ0) is 29.9. The van der Waals surface area contributed by atoms with Gasteiger partial charge in [0.15, 0.2) is 11.6 Å². The van der Waals surface area contributed by atoms with Gasteiger partial charge in [-0.3, -0.25) is 9.59 Å². The van der Waals surface area contributed by atoms with Crippen molar-refractivity contribution < 1.29 is 9.59 Å². The van der Waals surface area contributed by atoms with Crippen LogP contribution >= 0.6 is 0 Å². The van der Waals surface area contributed by atoms with E-state index in [1.807, 2.05) is 85.2 Å². The van der Waals surface area contributed by atoms with Crippen LogP contribution in [0.3, 0.4) is 0 Å². The molecule has 6 aromatic rings. The van der Waals surface area contributed by atoms with Gasteiger partial charge in [0.2, 0.25) is 11.8 Å². The van der Waals surface area contributed by atoms with Crippen molar-refractivity contribution in [3.63, 3.8) is 0 Å². The third-order valence-corrected chi connectivity index (χ3v) is 8.47. The second kappa shape index (κ2) is 12.1. The molecule has 1 fully saturated rings. The molecule has 7 rings (SSSR count). The summed E-state index contributed by atoms with van der Waals surface area (Å²) >= 11 is 0. The van der Waals surface area contributed by atoms with E-state index >= 15 is 0 Å². The van der Waals surface area contributed by atoms with Crippen LogP contribution in [0.15, 0.2) is 85.2 Å². The molecule has 2 amide bonds. The van der Waals surface area contributed by atoms with Crippen molar-refractivity contribution in [3.05, 3.63) is 108 Å². The molecule has 4 aromatic heterocycles. The Hall–Kier alpha value is -5.38. The molecule has 10 heteroatoms. The number of aromatic amines is 2. The number of rotatable bonds is 8. The maximum absolute atomic E-state index is 12.7. The highest BCUT2D eigenvalue weighted by Crippen LogP contribution is 2.40. The minimum atomic E-state index is -0.134. The number of benzene rings is 2. The third-order valence-electron chi connectivity index (χ3n) is 8.47. The summed E-state index contributed by atoms with van der Waals surface area (Å²) in [5, 5.41) is 25.4. The molecule has 44 heavy (non-hydrogen) atoms. The Balaban J connectivity index is 0.932. The maximum Gasteiger partial charge on any atom is 0.230 e. The number of hydrogen-bond donors (Lipinski definition) is 4. The van der Waals surface area contributed by atoms with E-state index in [4.69, 9.17) is 0 Å². The van der Waals surface area contributed by atoms with E-state index < -0.39 is 0 Å². The third kappa shape index (κ3) is 5.92. The van der Waals surface area contributed by atoms with Crippen LogP contribution in [0.2, 0.25) is 0 Å². The number of anilines is 2. The van der Waals surface area contributed by atoms with Gasteiger partial charge in [0, 0.05) is 46.0 Å². The molecule has 0 bridgehead atoms. The highest BCUT2D eigenvalue weighted by molar-refractivity contribution is 5.96. The Bertz CT molecular complexity index is 1790. The van der Waals surface area contributed by atoms with Crippen LogP contribution in [0.1, 0.15) is 60.0 Å². The van der Waals surface area contributed by atoms with E-state index in [9.17, 15) is 9.59 Å². The average molecular weight is 585 g/mol. The molecule has 4 heterocycles. The number of carbonyl (C=O) groups is 2. The number of hydrogen-bond acceptors (Lipinski definition) is 6. The van der Waals surface area contributed by atoms with E-state index in [0.29, 0.717) is 11.6 Å². The van der Waals surface area contributed by atoms with Gasteiger partial charge in [-0.05, 0) is 66.8 Å². The predicted molar refractivity (Wildman–Crippen MR) is 169 cm³/mol. The monoisotopic (exact) mass is 584 g/mol. The van der Waals surface area contributed by atoms with Gasteiger partial charge in [-0.15, -0.1) is 10.2 Å². The second-order valence-electron chi connectivity index (χ2n) is 11.4. The van der Waals surface area contributed by atoms with Gasteiger partial charge >= 0.3 is 0 Å². The van der Waals surface area contributed by atoms with Gasteiger partial charge in [0.1, 0.15) is 0 Å². The first-order valence-electron chi connectivity index (χ1n) is 15.0. The zero-order valence-corrected chi connectivity index (χ0v) is 24.1. The van der Waals surface area contributed by atoms with Crippen LogP contribution < -0.4 is 10.6 Å². The first kappa shape index (κ1) is 27.5. The molecule has 0 aliphatic heterocycles. The molecule has 2 aromatic carbocycles. The summed E-state index contributed by atoms with van der Waals surface area (Å²) in [5.74, 6) is 1.11. The molecular formula is C34H32N8O2. The van der Waals surface area contributed by atoms with E-state index in [1.165, 1.54) is 0 Å². The van der Waals surface area contributed by atoms with Gasteiger partial charge in [0.05, 0.1) is 24.2 Å². The molecule has 1 saturated carbocycles. The minimum Gasteiger partial charge on any atom is -0.361 e. The summed E-state index contributed by atoms with van der Waals surface area (Å²) in [6, 6.07) is 23.4. The molecule has 1 aliphatic rings. The predicted octanol–water partition coefficient (Wildman–Crippen LogP) is 6.03. The Kier molecular flexibility index (Phi) is 7.54. The van der Waals surface area contributed by atoms with Crippen molar-refractivity contribution in [2.24, 2.45) is 0 Å². The SMILES string of the molecule is O=C(Cc1c[nH]c2ccccc12)Nc1ccc([C@@H]2CCC[C@@H](c3ccc(NC(=O)Cc4c[nH]c5ccccc45)nn3)C2)nn1. The summed E-state index contributed by atoms with van der Waals surface area (Å²) < 4.78 is 0. The summed E-state index contributed by atoms with van der Waals surface area (Å²) in [6.45, 7) is 0. The van der Waals surface area contributed by atoms with Crippen LogP contribution in [0.25, 0.3) is 21.8 Å². The molecule has 1 aliphatic carbocycles. The van der Waals surface area contributed by atoms with Gasteiger partial charge in [-0.25, -0.2) is 0 Å². The first-order chi connectivity index (χ1) is 21.6. The van der Waals surface area contributed by atoms with E-state index in [1.54, 1.807) is 0 Å². The molecule has 0 radical (unpaired) electrons. The number of fused-ring (bicyclic) bond motifs is 2. The number of amides is 2. The van der Waals surface area contributed by atoms with E-state index in [2.05, 4.69) is 41.0 Å². The molecule has 220 valence electrons. The van der Waals surface area contributed by atoms with Gasteiger partial charge in [-0.2, -0.15) is 10.2 Å². The summed E-state index contributed by atoms with van der Waals surface area (Å²) in [7, 11) is 0. The van der Waals surface area contributed by atoms with Crippen LogP contribution in [0.4, 0.5) is 11.6 Å². The normalized spacial score (nSPS) is 16.6. The molecule has 10 nitrogen and oxygen atoms in total. The smallest absolute Gasteiger partial charge is 0.230 e. The topological polar surface area (TPSA) is 141 Å². The lowest BCUT2D eigenvalue weighted by Gasteiger charge is -2.28. The first-order valence-corrected chi connectivity index (χ1v) is 15.0. The zero-order valence-electron chi connectivity index (χ0n) is 24.1. The number of aromatic nitrogens is 6. The fourth-order valence-electron chi connectivity index (χ4n) is 6.26. The molecule has 2 atom stereocenters. The van der Waals surface area contributed by atoms with E-state index in [0.717, 1.165) is 70.0 Å². The van der Waals surface area contributed by atoms with Crippen LogP contribution in [-0.4, -0.2) is 42.2 Å². The summed E-state index contributed by atoms with van der Waals surface area (Å²) in [6.07, 6.45) is 8.24. The Morgan fingerprint density at radius 3 is 1.57 bits per heavy atom. The van der Waals surface area contributed by atoms with Crippen LogP contribution in [0.5, 0.6) is 0 Å². The van der Waals surface area contributed by atoms with Gasteiger partial charge in [0.25, 0.3) is 0 Å². The largest absolute Gasteiger partial charge is 0.361 e. The van der Waals surface area contributed by atoms with E-state index in [-0.39, 0.29) is 36.5 Å². The molecule has 0 saturated heterocycles. The Morgan fingerprint density at radius 2 is 1.11 bits per heavy atom. The number of carbonyl (C=O) groups excluding carboxylic acids is 2. The van der Waals surface area contributed by atoms with Crippen molar-refractivity contribution in [3.8, 4) is 0 Å². The number of nitrogens with one attached hydrogen (secondary N) is 4. The maximum atomic E-state index is 12.7. The highest BCUT2D eigenvalue weighted by Gasteiger charge is 2.27. The van der Waals surface area contributed by atoms with Crippen LogP contribution in [0, 0.1) is 0 Å². The second-order valence-corrected chi connectivity index (χ2v) is 11.4. The van der Waals surface area contributed by atoms with Crippen LogP contribution in [-0.2, 0) is 22.4 Å². The van der Waals surface area contributed by atoms with Gasteiger partial charge in [-0.1, -0.05) is 42.8 Å². The lowest BCUT2D eigenvalue weighted by molar-refractivity contribution is -0.116. The highest BCUT2D eigenvalue weighted by atomic mass is 16.2. The molecular weight excluding hydrogens is 552 g/mol. The minimum absolute atomic E-state index is 0.134.